The Kier molecular flexibility index (Phi) is 5.16. The zero-order valence-electron chi connectivity index (χ0n) is 13.5. The topological polar surface area (TPSA) is 64.3 Å². The molecular formula is C18H21ClN2O2. The van der Waals surface area contributed by atoms with Crippen LogP contribution < -0.4 is 15.8 Å². The fraction of sp³-hybridized carbons (Fsp3) is 0.278. The minimum Gasteiger partial charge on any atom is -0.488 e. The molecule has 4 nitrogen and oxygen atoms in total. The number of anilines is 1. The fourth-order valence-electron chi connectivity index (χ4n) is 2.04. The number of nitrogens with two attached hydrogens (primary N) is 1. The number of benzene rings is 2. The Morgan fingerprint density at radius 3 is 2.57 bits per heavy atom. The molecule has 2 rings (SSSR count). The van der Waals surface area contributed by atoms with E-state index in [1.165, 1.54) is 0 Å². The molecule has 0 aliphatic carbocycles. The highest BCUT2D eigenvalue weighted by Gasteiger charge is 2.15. The summed E-state index contributed by atoms with van der Waals surface area (Å²) in [5.41, 5.74) is 7.20. The second-order valence-corrected chi connectivity index (χ2v) is 6.65. The summed E-state index contributed by atoms with van der Waals surface area (Å²) in [5.74, 6) is 0.551. The van der Waals surface area contributed by atoms with E-state index in [9.17, 15) is 4.79 Å². The van der Waals surface area contributed by atoms with Crippen molar-refractivity contribution in [1.29, 1.82) is 0 Å². The number of para-hydroxylation sites is 1. The maximum Gasteiger partial charge on any atom is 0.251 e. The number of carbonyl (C=O) groups excluding carboxylic acids is 1. The summed E-state index contributed by atoms with van der Waals surface area (Å²) in [6.07, 6.45) is 0. The SMILES string of the molecule is CC(C)(C)Oc1ccccc1CNC(=O)c1ccc(Cl)c(N)c1. The average Bonchev–Trinajstić information content (AvgIpc) is 2.47. The molecule has 2 aromatic rings. The van der Waals surface area contributed by atoms with Crippen molar-refractivity contribution in [2.45, 2.75) is 32.9 Å². The number of rotatable bonds is 4. The van der Waals surface area contributed by atoms with E-state index in [1.807, 2.05) is 45.0 Å². The highest BCUT2D eigenvalue weighted by atomic mass is 35.5. The first-order valence-corrected chi connectivity index (χ1v) is 7.74. The molecule has 5 heteroatoms. The Labute approximate surface area is 141 Å². The van der Waals surface area contributed by atoms with E-state index >= 15 is 0 Å². The molecule has 0 fully saturated rings. The van der Waals surface area contributed by atoms with Gasteiger partial charge in [-0.2, -0.15) is 0 Å². The number of ether oxygens (including phenoxy) is 1. The molecule has 0 bridgehead atoms. The van der Waals surface area contributed by atoms with Crippen molar-refractivity contribution < 1.29 is 9.53 Å². The minimum absolute atomic E-state index is 0.209. The van der Waals surface area contributed by atoms with Crippen LogP contribution in [0.2, 0.25) is 5.02 Å². The lowest BCUT2D eigenvalue weighted by atomic mass is 10.1. The smallest absolute Gasteiger partial charge is 0.251 e. The van der Waals surface area contributed by atoms with E-state index in [0.717, 1.165) is 11.3 Å². The van der Waals surface area contributed by atoms with Gasteiger partial charge in [0.05, 0.1) is 10.7 Å². The Morgan fingerprint density at radius 1 is 1.22 bits per heavy atom. The largest absolute Gasteiger partial charge is 0.488 e. The van der Waals surface area contributed by atoms with Gasteiger partial charge in [0, 0.05) is 17.7 Å². The van der Waals surface area contributed by atoms with Crippen molar-refractivity contribution in [1.82, 2.24) is 5.32 Å². The van der Waals surface area contributed by atoms with Gasteiger partial charge in [0.15, 0.2) is 0 Å². The van der Waals surface area contributed by atoms with Crippen molar-refractivity contribution in [3.8, 4) is 5.75 Å². The summed E-state index contributed by atoms with van der Waals surface area (Å²) >= 11 is 5.87. The molecule has 0 spiro atoms. The van der Waals surface area contributed by atoms with E-state index in [-0.39, 0.29) is 11.5 Å². The predicted molar refractivity (Wildman–Crippen MR) is 93.9 cm³/mol. The lowest BCUT2D eigenvalue weighted by Crippen LogP contribution is -2.26. The average molecular weight is 333 g/mol. The van der Waals surface area contributed by atoms with Gasteiger partial charge in [0.25, 0.3) is 5.91 Å². The summed E-state index contributed by atoms with van der Waals surface area (Å²) in [6.45, 7) is 6.32. The van der Waals surface area contributed by atoms with Gasteiger partial charge >= 0.3 is 0 Å². The van der Waals surface area contributed by atoms with Gasteiger partial charge < -0.3 is 15.8 Å². The maximum atomic E-state index is 12.2. The number of halogens is 1. The molecule has 0 saturated heterocycles. The van der Waals surface area contributed by atoms with E-state index in [4.69, 9.17) is 22.1 Å². The van der Waals surface area contributed by atoms with Crippen molar-refractivity contribution in [2.75, 3.05) is 5.73 Å². The third kappa shape index (κ3) is 4.89. The second kappa shape index (κ2) is 6.92. The van der Waals surface area contributed by atoms with Crippen LogP contribution >= 0.6 is 11.6 Å². The number of carbonyl (C=O) groups is 1. The lowest BCUT2D eigenvalue weighted by molar-refractivity contribution is 0.0949. The predicted octanol–water partition coefficient (Wildman–Crippen LogP) is 4.03. The van der Waals surface area contributed by atoms with Crippen LogP contribution in [-0.4, -0.2) is 11.5 Å². The van der Waals surface area contributed by atoms with Gasteiger partial charge in [0.2, 0.25) is 0 Å². The first kappa shape index (κ1) is 17.2. The molecule has 0 unspecified atom stereocenters. The van der Waals surface area contributed by atoms with Crippen molar-refractivity contribution in [3.05, 3.63) is 58.6 Å². The summed E-state index contributed by atoms with van der Waals surface area (Å²) in [4.78, 5) is 12.2. The van der Waals surface area contributed by atoms with Gasteiger partial charge in [-0.3, -0.25) is 4.79 Å². The van der Waals surface area contributed by atoms with Gasteiger partial charge in [-0.1, -0.05) is 29.8 Å². The van der Waals surface area contributed by atoms with E-state index in [1.54, 1.807) is 18.2 Å². The molecular weight excluding hydrogens is 312 g/mol. The molecule has 0 atom stereocenters. The van der Waals surface area contributed by atoms with Crippen LogP contribution in [0.4, 0.5) is 5.69 Å². The van der Waals surface area contributed by atoms with Crippen LogP contribution in [0.15, 0.2) is 42.5 Å². The summed E-state index contributed by atoms with van der Waals surface area (Å²) in [5, 5.41) is 3.31. The van der Waals surface area contributed by atoms with Crippen LogP contribution in [0, 0.1) is 0 Å². The summed E-state index contributed by atoms with van der Waals surface area (Å²) < 4.78 is 5.92. The molecule has 0 aliphatic rings. The Bertz CT molecular complexity index is 708. The third-order valence-electron chi connectivity index (χ3n) is 3.09. The lowest BCUT2D eigenvalue weighted by Gasteiger charge is -2.23. The highest BCUT2D eigenvalue weighted by Crippen LogP contribution is 2.23. The zero-order chi connectivity index (χ0) is 17.0. The first-order valence-electron chi connectivity index (χ1n) is 7.36. The number of hydrogen-bond acceptors (Lipinski definition) is 3. The Balaban J connectivity index is 2.08. The molecule has 0 aliphatic heterocycles. The highest BCUT2D eigenvalue weighted by molar-refractivity contribution is 6.33. The molecule has 1 amide bonds. The molecule has 23 heavy (non-hydrogen) atoms. The molecule has 0 radical (unpaired) electrons. The quantitative estimate of drug-likeness (QED) is 0.831. The van der Waals surface area contributed by atoms with Gasteiger partial charge in [0.1, 0.15) is 11.4 Å². The van der Waals surface area contributed by atoms with Crippen molar-refractivity contribution in [2.24, 2.45) is 0 Å². The zero-order valence-corrected chi connectivity index (χ0v) is 14.3. The van der Waals surface area contributed by atoms with E-state index in [0.29, 0.717) is 22.8 Å². The Morgan fingerprint density at radius 2 is 1.91 bits per heavy atom. The second-order valence-electron chi connectivity index (χ2n) is 6.24. The van der Waals surface area contributed by atoms with Gasteiger partial charge in [-0.15, -0.1) is 0 Å². The first-order chi connectivity index (χ1) is 10.8. The number of hydrogen-bond donors (Lipinski definition) is 2. The van der Waals surface area contributed by atoms with E-state index in [2.05, 4.69) is 5.32 Å². The number of nitrogens with one attached hydrogen (secondary N) is 1. The van der Waals surface area contributed by atoms with Crippen LogP contribution in [-0.2, 0) is 6.54 Å². The monoisotopic (exact) mass is 332 g/mol. The van der Waals surface area contributed by atoms with Crippen molar-refractivity contribution >= 4 is 23.2 Å². The molecule has 0 saturated carbocycles. The van der Waals surface area contributed by atoms with Gasteiger partial charge in [-0.25, -0.2) is 0 Å². The van der Waals surface area contributed by atoms with Crippen molar-refractivity contribution in [3.63, 3.8) is 0 Å². The van der Waals surface area contributed by atoms with Crippen LogP contribution in [0.25, 0.3) is 0 Å². The molecule has 0 heterocycles. The van der Waals surface area contributed by atoms with Crippen LogP contribution in [0.1, 0.15) is 36.7 Å². The fourth-order valence-corrected chi connectivity index (χ4v) is 2.16. The molecule has 2 aromatic carbocycles. The van der Waals surface area contributed by atoms with Gasteiger partial charge in [-0.05, 0) is 45.0 Å². The minimum atomic E-state index is -0.301. The Hall–Kier alpha value is -2.20. The number of nitrogen functional groups attached to an aromatic ring is 1. The summed E-state index contributed by atoms with van der Waals surface area (Å²) in [7, 11) is 0. The molecule has 3 N–H and O–H groups in total. The van der Waals surface area contributed by atoms with Crippen LogP contribution in [0.3, 0.4) is 0 Å². The maximum absolute atomic E-state index is 12.2. The molecule has 122 valence electrons. The van der Waals surface area contributed by atoms with E-state index < -0.39 is 0 Å². The van der Waals surface area contributed by atoms with Crippen LogP contribution in [0.5, 0.6) is 5.75 Å². The normalized spacial score (nSPS) is 11.1. The summed E-state index contributed by atoms with van der Waals surface area (Å²) in [6, 6.07) is 12.5. The third-order valence-corrected chi connectivity index (χ3v) is 3.43. The number of amides is 1. The molecule has 0 aromatic heterocycles. The standard InChI is InChI=1S/C18H21ClN2O2/c1-18(2,3)23-16-7-5-4-6-13(16)11-21-17(22)12-8-9-14(19)15(20)10-12/h4-10H,11,20H2,1-3H3,(H,21,22).